The van der Waals surface area contributed by atoms with Crippen LogP contribution in [0.2, 0.25) is 0 Å². The van der Waals surface area contributed by atoms with Gasteiger partial charge < -0.3 is 4.90 Å². The summed E-state index contributed by atoms with van der Waals surface area (Å²) in [5.74, 6) is -1.32. The van der Waals surface area contributed by atoms with Crippen molar-refractivity contribution in [3.05, 3.63) is 76.4 Å². The van der Waals surface area contributed by atoms with Gasteiger partial charge in [0, 0.05) is 37.3 Å². The standard InChI is InChI=1S/C29H31F3N4O4S/c1-21-25(28(38)36(27(21)37)24-12-11-23(19-33)26(18-24)29(30,31)32)10-6-3-7-13-34-14-16-35(17-15-34)41(39,40)20-22-8-4-2-5-9-22/h2,4-5,8-9,11-12,18H,3,6-7,10,13-17,20H2,1H3. The average Bonchev–Trinajstić information content (AvgIpc) is 3.15. The molecule has 12 heteroatoms. The van der Waals surface area contributed by atoms with Crippen LogP contribution in [-0.4, -0.2) is 62.2 Å². The number of benzene rings is 2. The second-order valence-corrected chi connectivity index (χ2v) is 12.2. The fourth-order valence-corrected chi connectivity index (χ4v) is 6.65. The zero-order valence-corrected chi connectivity index (χ0v) is 23.5. The van der Waals surface area contributed by atoms with E-state index in [1.54, 1.807) is 12.1 Å². The summed E-state index contributed by atoms with van der Waals surface area (Å²) >= 11 is 0. The fraction of sp³-hybridized carbons (Fsp3) is 0.414. The van der Waals surface area contributed by atoms with Gasteiger partial charge in [-0.05, 0) is 56.5 Å². The molecule has 2 aromatic rings. The number of sulfonamides is 1. The minimum Gasteiger partial charge on any atom is -0.301 e. The van der Waals surface area contributed by atoms with Crippen LogP contribution in [0.1, 0.15) is 49.3 Å². The number of rotatable bonds is 10. The Balaban J connectivity index is 1.24. The molecule has 0 aromatic heterocycles. The smallest absolute Gasteiger partial charge is 0.301 e. The molecule has 2 aromatic carbocycles. The van der Waals surface area contributed by atoms with Crippen molar-refractivity contribution in [2.45, 2.75) is 44.5 Å². The largest absolute Gasteiger partial charge is 0.417 e. The van der Waals surface area contributed by atoms with Crippen LogP contribution >= 0.6 is 0 Å². The van der Waals surface area contributed by atoms with E-state index >= 15 is 0 Å². The van der Waals surface area contributed by atoms with Crippen molar-refractivity contribution in [3.8, 4) is 6.07 Å². The zero-order valence-electron chi connectivity index (χ0n) is 22.7. The Morgan fingerprint density at radius 2 is 1.61 bits per heavy atom. The molecular weight excluding hydrogens is 557 g/mol. The van der Waals surface area contributed by atoms with Gasteiger partial charge in [-0.2, -0.15) is 22.7 Å². The van der Waals surface area contributed by atoms with E-state index in [4.69, 9.17) is 5.26 Å². The number of hydrogen-bond acceptors (Lipinski definition) is 6. The maximum Gasteiger partial charge on any atom is 0.417 e. The molecule has 0 aliphatic carbocycles. The molecular formula is C29H31F3N4O4S. The monoisotopic (exact) mass is 588 g/mol. The lowest BCUT2D eigenvalue weighted by molar-refractivity contribution is -0.138. The quantitative estimate of drug-likeness (QED) is 0.300. The number of alkyl halides is 3. The molecule has 0 radical (unpaired) electrons. The lowest BCUT2D eigenvalue weighted by atomic mass is 10.0. The third kappa shape index (κ3) is 7.04. The predicted molar refractivity (Wildman–Crippen MR) is 147 cm³/mol. The number of carbonyl (C=O) groups is 2. The fourth-order valence-electron chi connectivity index (χ4n) is 5.14. The van der Waals surface area contributed by atoms with Crippen molar-refractivity contribution in [3.63, 3.8) is 0 Å². The highest BCUT2D eigenvalue weighted by molar-refractivity contribution is 7.88. The molecule has 0 saturated carbocycles. The van der Waals surface area contributed by atoms with E-state index in [9.17, 15) is 31.2 Å². The highest BCUT2D eigenvalue weighted by Crippen LogP contribution is 2.37. The van der Waals surface area contributed by atoms with Crippen LogP contribution in [0, 0.1) is 11.3 Å². The number of imide groups is 1. The SMILES string of the molecule is CC1=C(CCCCCN2CCN(S(=O)(=O)Cc3ccccc3)CC2)C(=O)N(c2ccc(C#N)c(C(F)(F)F)c2)C1=O. The first-order chi connectivity index (χ1) is 19.4. The first kappa shape index (κ1) is 30.4. The maximum absolute atomic E-state index is 13.4. The number of hydrogen-bond donors (Lipinski definition) is 0. The van der Waals surface area contributed by atoms with Gasteiger partial charge in [0.15, 0.2) is 0 Å². The highest BCUT2D eigenvalue weighted by atomic mass is 32.2. The number of carbonyl (C=O) groups excluding carboxylic acids is 2. The molecule has 2 aliphatic rings. The van der Waals surface area contributed by atoms with Crippen molar-refractivity contribution >= 4 is 27.5 Å². The lowest BCUT2D eigenvalue weighted by Gasteiger charge is -2.34. The number of anilines is 1. The van der Waals surface area contributed by atoms with Crippen LogP contribution in [0.3, 0.4) is 0 Å². The van der Waals surface area contributed by atoms with Gasteiger partial charge in [0.1, 0.15) is 0 Å². The van der Waals surface area contributed by atoms with Crippen LogP contribution in [0.4, 0.5) is 18.9 Å². The number of nitrogens with zero attached hydrogens (tertiary/aromatic N) is 4. The van der Waals surface area contributed by atoms with Gasteiger partial charge in [-0.3, -0.25) is 9.59 Å². The summed E-state index contributed by atoms with van der Waals surface area (Å²) in [4.78, 5) is 28.7. The third-order valence-electron chi connectivity index (χ3n) is 7.44. The normalized spacial score (nSPS) is 17.4. The van der Waals surface area contributed by atoms with Crippen LogP contribution in [0.25, 0.3) is 0 Å². The molecule has 41 heavy (non-hydrogen) atoms. The van der Waals surface area contributed by atoms with Crippen molar-refractivity contribution in [1.29, 1.82) is 5.26 Å². The van der Waals surface area contributed by atoms with Crippen molar-refractivity contribution in [2.75, 3.05) is 37.6 Å². The Kier molecular flexibility index (Phi) is 9.31. The molecule has 1 saturated heterocycles. The molecule has 2 heterocycles. The van der Waals surface area contributed by atoms with Crippen molar-refractivity contribution < 1.29 is 31.2 Å². The van der Waals surface area contributed by atoms with E-state index in [-0.39, 0.29) is 22.6 Å². The van der Waals surface area contributed by atoms with Gasteiger partial charge >= 0.3 is 6.18 Å². The molecule has 0 bridgehead atoms. The lowest BCUT2D eigenvalue weighted by Crippen LogP contribution is -2.49. The molecule has 8 nitrogen and oxygen atoms in total. The van der Waals surface area contributed by atoms with Gasteiger partial charge in [-0.25, -0.2) is 13.3 Å². The minimum atomic E-state index is -4.80. The third-order valence-corrected chi connectivity index (χ3v) is 9.29. The van der Waals surface area contributed by atoms with Gasteiger partial charge in [0.05, 0.1) is 28.6 Å². The number of amides is 2. The van der Waals surface area contributed by atoms with Crippen LogP contribution < -0.4 is 4.90 Å². The zero-order chi connectivity index (χ0) is 29.8. The number of halogens is 3. The van der Waals surface area contributed by atoms with E-state index in [1.165, 1.54) is 23.4 Å². The first-order valence-corrected chi connectivity index (χ1v) is 15.0. The summed E-state index contributed by atoms with van der Waals surface area (Å²) in [7, 11) is -3.38. The summed E-state index contributed by atoms with van der Waals surface area (Å²) in [5, 5.41) is 9.01. The summed E-state index contributed by atoms with van der Waals surface area (Å²) < 4.78 is 67.2. The van der Waals surface area contributed by atoms with Crippen LogP contribution in [0.5, 0.6) is 0 Å². The molecule has 218 valence electrons. The number of nitriles is 1. The summed E-state index contributed by atoms with van der Waals surface area (Å²) in [5.41, 5.74) is -0.746. The van der Waals surface area contributed by atoms with Crippen molar-refractivity contribution in [1.82, 2.24) is 9.21 Å². The maximum atomic E-state index is 13.4. The van der Waals surface area contributed by atoms with Gasteiger partial charge in [-0.1, -0.05) is 36.8 Å². The number of piperazine rings is 1. The summed E-state index contributed by atoms with van der Waals surface area (Å²) in [6.45, 7) is 4.39. The van der Waals surface area contributed by atoms with Crippen LogP contribution in [-0.2, 0) is 31.5 Å². The molecule has 2 amide bonds. The van der Waals surface area contributed by atoms with Gasteiger partial charge in [-0.15, -0.1) is 0 Å². The Morgan fingerprint density at radius 3 is 2.24 bits per heavy atom. The van der Waals surface area contributed by atoms with E-state index in [0.717, 1.165) is 35.9 Å². The number of unbranched alkanes of at least 4 members (excludes halogenated alkanes) is 2. The Hall–Kier alpha value is -3.53. The Bertz CT molecular complexity index is 1480. The Labute approximate surface area is 237 Å². The second kappa shape index (κ2) is 12.5. The average molecular weight is 589 g/mol. The van der Waals surface area contributed by atoms with E-state index in [2.05, 4.69) is 4.90 Å². The van der Waals surface area contributed by atoms with Gasteiger partial charge in [0.2, 0.25) is 10.0 Å². The molecule has 4 rings (SSSR count). The molecule has 0 unspecified atom stereocenters. The van der Waals surface area contributed by atoms with Crippen LogP contribution in [0.15, 0.2) is 59.7 Å². The molecule has 0 spiro atoms. The molecule has 0 N–H and O–H groups in total. The minimum absolute atomic E-state index is 0.0174. The first-order valence-electron chi connectivity index (χ1n) is 13.4. The van der Waals surface area contributed by atoms with Gasteiger partial charge in [0.25, 0.3) is 11.8 Å². The Morgan fingerprint density at radius 1 is 0.927 bits per heavy atom. The highest BCUT2D eigenvalue weighted by Gasteiger charge is 2.39. The second-order valence-electron chi connectivity index (χ2n) is 10.2. The van der Waals surface area contributed by atoms with E-state index < -0.39 is 39.1 Å². The predicted octanol–water partition coefficient (Wildman–Crippen LogP) is 4.47. The molecule has 2 aliphatic heterocycles. The van der Waals surface area contributed by atoms with Crippen molar-refractivity contribution in [2.24, 2.45) is 0 Å². The van der Waals surface area contributed by atoms with E-state index in [1.807, 2.05) is 18.2 Å². The summed E-state index contributed by atoms with van der Waals surface area (Å²) in [6, 6.07) is 13.4. The topological polar surface area (TPSA) is 102 Å². The molecule has 0 atom stereocenters. The molecule has 1 fully saturated rings. The summed E-state index contributed by atoms with van der Waals surface area (Å²) in [6.07, 6.45) is -2.28. The van der Waals surface area contributed by atoms with E-state index in [0.29, 0.717) is 45.1 Å².